The molecule has 4 heteroatoms. The van der Waals surface area contributed by atoms with Crippen LogP contribution in [-0.4, -0.2) is 18.2 Å². The summed E-state index contributed by atoms with van der Waals surface area (Å²) in [5.41, 5.74) is 1.65. The lowest BCUT2D eigenvalue weighted by Crippen LogP contribution is -2.12. The highest BCUT2D eigenvalue weighted by molar-refractivity contribution is 5.84. The van der Waals surface area contributed by atoms with Gasteiger partial charge in [-0.1, -0.05) is 6.92 Å². The van der Waals surface area contributed by atoms with Crippen molar-refractivity contribution in [2.75, 3.05) is 7.11 Å². The minimum absolute atomic E-state index is 0.417. The highest BCUT2D eigenvalue weighted by Crippen LogP contribution is 2.31. The van der Waals surface area contributed by atoms with Gasteiger partial charge < -0.3 is 14.3 Å². The number of benzene rings is 1. The molecule has 2 aromatic rings. The number of ether oxygens (including phenoxy) is 1. The van der Waals surface area contributed by atoms with Gasteiger partial charge in [-0.15, -0.1) is 0 Å². The quantitative estimate of drug-likeness (QED) is 0.903. The molecule has 0 aliphatic heterocycles. The molecule has 2 rings (SSSR count). The Morgan fingerprint density at radius 1 is 1.44 bits per heavy atom. The number of rotatable bonds is 4. The largest absolute Gasteiger partial charge is 0.493 e. The predicted molar refractivity (Wildman–Crippen MR) is 68.0 cm³/mol. The van der Waals surface area contributed by atoms with Crippen molar-refractivity contribution in [3.8, 4) is 5.75 Å². The van der Waals surface area contributed by atoms with Gasteiger partial charge in [0.2, 0.25) is 0 Å². The Bertz CT molecular complexity index is 583. The first-order chi connectivity index (χ1) is 8.51. The predicted octanol–water partition coefficient (Wildman–Crippen LogP) is 3.01. The van der Waals surface area contributed by atoms with E-state index < -0.39 is 11.9 Å². The van der Waals surface area contributed by atoms with Gasteiger partial charge in [-0.2, -0.15) is 0 Å². The minimum atomic E-state index is -0.794. The average molecular weight is 248 g/mol. The van der Waals surface area contributed by atoms with E-state index in [0.717, 1.165) is 16.7 Å². The third-order valence-electron chi connectivity index (χ3n) is 2.95. The molecule has 1 aromatic heterocycles. The Labute approximate surface area is 105 Å². The van der Waals surface area contributed by atoms with E-state index >= 15 is 0 Å². The molecule has 1 unspecified atom stereocenters. The van der Waals surface area contributed by atoms with Crippen LogP contribution in [0.3, 0.4) is 0 Å². The van der Waals surface area contributed by atoms with Gasteiger partial charge in [-0.25, -0.2) is 0 Å². The molecule has 0 aliphatic rings. The van der Waals surface area contributed by atoms with Crippen LogP contribution < -0.4 is 4.74 Å². The second-order valence-electron chi connectivity index (χ2n) is 4.52. The zero-order valence-electron chi connectivity index (χ0n) is 10.7. The van der Waals surface area contributed by atoms with Crippen LogP contribution in [0.4, 0.5) is 0 Å². The maximum absolute atomic E-state index is 10.9. The first-order valence-electron chi connectivity index (χ1n) is 5.81. The van der Waals surface area contributed by atoms with E-state index in [1.807, 2.05) is 25.1 Å². The lowest BCUT2D eigenvalue weighted by molar-refractivity contribution is -0.141. The maximum Gasteiger partial charge on any atom is 0.306 e. The first-order valence-corrected chi connectivity index (χ1v) is 5.81. The van der Waals surface area contributed by atoms with Gasteiger partial charge in [0.25, 0.3) is 0 Å². The molecule has 1 atom stereocenters. The van der Waals surface area contributed by atoms with E-state index in [1.54, 1.807) is 14.0 Å². The molecule has 1 N–H and O–H groups in total. The Kier molecular flexibility index (Phi) is 3.28. The average Bonchev–Trinajstić information content (AvgIpc) is 2.68. The Morgan fingerprint density at radius 2 is 2.17 bits per heavy atom. The molecule has 0 saturated heterocycles. The van der Waals surface area contributed by atoms with Crippen LogP contribution in [0.15, 0.2) is 22.6 Å². The maximum atomic E-state index is 10.9. The van der Waals surface area contributed by atoms with Crippen LogP contribution in [0.5, 0.6) is 5.75 Å². The van der Waals surface area contributed by atoms with Crippen LogP contribution in [0.1, 0.15) is 18.2 Å². The Hall–Kier alpha value is -1.97. The Morgan fingerprint density at radius 3 is 2.78 bits per heavy atom. The van der Waals surface area contributed by atoms with E-state index in [4.69, 9.17) is 14.3 Å². The number of aliphatic carboxylic acids is 1. The van der Waals surface area contributed by atoms with Gasteiger partial charge in [0, 0.05) is 5.39 Å². The number of carbonyl (C=O) groups is 1. The van der Waals surface area contributed by atoms with Crippen LogP contribution in [0, 0.1) is 12.8 Å². The second kappa shape index (κ2) is 4.72. The summed E-state index contributed by atoms with van der Waals surface area (Å²) < 4.78 is 10.8. The molecule has 0 bridgehead atoms. The van der Waals surface area contributed by atoms with E-state index in [1.165, 1.54) is 0 Å². The van der Waals surface area contributed by atoms with Crippen molar-refractivity contribution in [2.24, 2.45) is 5.92 Å². The van der Waals surface area contributed by atoms with E-state index in [-0.39, 0.29) is 0 Å². The van der Waals surface area contributed by atoms with Gasteiger partial charge >= 0.3 is 5.97 Å². The summed E-state index contributed by atoms with van der Waals surface area (Å²) in [6.07, 6.45) is 0.478. The molecule has 96 valence electrons. The SMILES string of the molecule is COc1cc(CC(C)C(=O)O)cc2cc(C)oc12. The molecule has 0 radical (unpaired) electrons. The standard InChI is InChI=1S/C14H16O4/c1-8(14(15)16)4-10-6-11-5-9(2)18-13(11)12(7-10)17-3/h5-8H,4H2,1-3H3,(H,15,16). The second-order valence-corrected chi connectivity index (χ2v) is 4.52. The molecule has 18 heavy (non-hydrogen) atoms. The number of furan rings is 1. The molecule has 0 saturated carbocycles. The number of methoxy groups -OCH3 is 1. The van der Waals surface area contributed by atoms with Crippen molar-refractivity contribution in [3.63, 3.8) is 0 Å². The summed E-state index contributed by atoms with van der Waals surface area (Å²) in [7, 11) is 1.58. The zero-order valence-corrected chi connectivity index (χ0v) is 10.7. The molecule has 0 amide bonds. The van der Waals surface area contributed by atoms with Gasteiger partial charge in [0.05, 0.1) is 13.0 Å². The fourth-order valence-electron chi connectivity index (χ4n) is 2.02. The molecular formula is C14H16O4. The Balaban J connectivity index is 2.43. The van der Waals surface area contributed by atoms with E-state index in [0.29, 0.717) is 17.8 Å². The third kappa shape index (κ3) is 2.32. The smallest absolute Gasteiger partial charge is 0.306 e. The molecule has 0 fully saturated rings. The number of hydrogen-bond donors (Lipinski definition) is 1. The van der Waals surface area contributed by atoms with Gasteiger partial charge in [-0.05, 0) is 37.1 Å². The van der Waals surface area contributed by atoms with E-state index in [9.17, 15) is 4.79 Å². The summed E-state index contributed by atoms with van der Waals surface area (Å²) in [5, 5.41) is 9.88. The van der Waals surface area contributed by atoms with Gasteiger partial charge in [-0.3, -0.25) is 4.79 Å². The monoisotopic (exact) mass is 248 g/mol. The topological polar surface area (TPSA) is 59.7 Å². The summed E-state index contributed by atoms with van der Waals surface area (Å²) in [4.78, 5) is 10.9. The summed E-state index contributed by atoms with van der Waals surface area (Å²) in [5.74, 6) is 0.248. The van der Waals surface area contributed by atoms with Gasteiger partial charge in [0.1, 0.15) is 5.76 Å². The summed E-state index contributed by atoms with van der Waals surface area (Å²) >= 11 is 0. The lowest BCUT2D eigenvalue weighted by atomic mass is 10.00. The fourth-order valence-corrected chi connectivity index (χ4v) is 2.02. The normalized spacial score (nSPS) is 12.6. The third-order valence-corrected chi connectivity index (χ3v) is 2.95. The highest BCUT2D eigenvalue weighted by atomic mass is 16.5. The fraction of sp³-hybridized carbons (Fsp3) is 0.357. The molecule has 0 spiro atoms. The van der Waals surface area contributed by atoms with Crippen molar-refractivity contribution in [2.45, 2.75) is 20.3 Å². The van der Waals surface area contributed by atoms with Gasteiger partial charge in [0.15, 0.2) is 11.3 Å². The number of fused-ring (bicyclic) bond motifs is 1. The molecule has 4 nitrogen and oxygen atoms in total. The minimum Gasteiger partial charge on any atom is -0.493 e. The van der Waals surface area contributed by atoms with E-state index in [2.05, 4.69) is 0 Å². The van der Waals surface area contributed by atoms with Crippen molar-refractivity contribution in [3.05, 3.63) is 29.5 Å². The molecule has 0 aliphatic carbocycles. The highest BCUT2D eigenvalue weighted by Gasteiger charge is 2.15. The summed E-state index contributed by atoms with van der Waals surface area (Å²) in [6.45, 7) is 3.57. The van der Waals surface area contributed by atoms with Crippen molar-refractivity contribution in [1.29, 1.82) is 0 Å². The zero-order chi connectivity index (χ0) is 13.3. The van der Waals surface area contributed by atoms with Crippen molar-refractivity contribution < 1.29 is 19.1 Å². The molecule has 1 aromatic carbocycles. The van der Waals surface area contributed by atoms with Crippen LogP contribution >= 0.6 is 0 Å². The van der Waals surface area contributed by atoms with Crippen LogP contribution in [-0.2, 0) is 11.2 Å². The number of carboxylic acid groups (broad SMARTS) is 1. The number of hydrogen-bond acceptors (Lipinski definition) is 3. The van der Waals surface area contributed by atoms with Crippen LogP contribution in [0.2, 0.25) is 0 Å². The van der Waals surface area contributed by atoms with Crippen LogP contribution in [0.25, 0.3) is 11.0 Å². The molecule has 1 heterocycles. The van der Waals surface area contributed by atoms with Crippen molar-refractivity contribution in [1.82, 2.24) is 0 Å². The number of carboxylic acids is 1. The molecular weight excluding hydrogens is 232 g/mol. The first kappa shape index (κ1) is 12.5. The summed E-state index contributed by atoms with van der Waals surface area (Å²) in [6, 6.07) is 5.71. The van der Waals surface area contributed by atoms with Crippen molar-refractivity contribution >= 4 is 16.9 Å². The lowest BCUT2D eigenvalue weighted by Gasteiger charge is -2.08. The number of aryl methyl sites for hydroxylation is 1.